The number of hydrogen-bond acceptors (Lipinski definition) is 5. The summed E-state index contributed by atoms with van der Waals surface area (Å²) in [6.45, 7) is 4.50. The second kappa shape index (κ2) is 7.94. The number of amides is 1. The Morgan fingerprint density at radius 2 is 2.18 bits per heavy atom. The molecule has 154 valence electrons. The first-order valence-corrected chi connectivity index (χ1v) is 9.97. The molecular formula is C19H23F3N2O3S. The van der Waals surface area contributed by atoms with E-state index in [0.717, 1.165) is 12.1 Å². The van der Waals surface area contributed by atoms with Gasteiger partial charge in [0.05, 0.1) is 12.7 Å². The van der Waals surface area contributed by atoms with Crippen LogP contribution in [0.25, 0.3) is 0 Å². The van der Waals surface area contributed by atoms with Crippen LogP contribution in [0.1, 0.15) is 32.8 Å². The number of benzene rings is 1. The number of hydrogen-bond donors (Lipinski definition) is 1. The number of alkyl carbamates (subject to hydrolysis) is 1. The molecule has 9 heteroatoms. The van der Waals surface area contributed by atoms with E-state index in [-0.39, 0.29) is 23.3 Å². The summed E-state index contributed by atoms with van der Waals surface area (Å²) in [6.07, 6.45) is -0.910. The molecule has 0 spiro atoms. The molecule has 3 rings (SSSR count). The molecule has 0 radical (unpaired) electrons. The molecule has 3 atom stereocenters. The Balaban J connectivity index is 1.95. The van der Waals surface area contributed by atoms with Gasteiger partial charge >= 0.3 is 6.09 Å². The number of carbonyl (C=O) groups is 1. The minimum absolute atomic E-state index is 0.0607. The predicted octanol–water partition coefficient (Wildman–Crippen LogP) is 4.16. The fourth-order valence-electron chi connectivity index (χ4n) is 3.43. The van der Waals surface area contributed by atoms with Crippen molar-refractivity contribution in [1.82, 2.24) is 5.32 Å². The first-order chi connectivity index (χ1) is 13.1. The number of aliphatic imine (C=N–C) groups is 1. The van der Waals surface area contributed by atoms with E-state index in [0.29, 0.717) is 12.2 Å². The third kappa shape index (κ3) is 4.46. The molecule has 1 N–H and O–H groups in total. The maximum absolute atomic E-state index is 14.6. The number of thioether (sulfide) groups is 1. The van der Waals surface area contributed by atoms with Crippen LogP contribution in [0.5, 0.6) is 0 Å². The molecule has 2 aliphatic heterocycles. The lowest BCUT2D eigenvalue weighted by atomic mass is 9.75. The first kappa shape index (κ1) is 21.0. The van der Waals surface area contributed by atoms with E-state index in [1.807, 2.05) is 0 Å². The molecule has 1 amide bonds. The average molecular weight is 416 g/mol. The van der Waals surface area contributed by atoms with E-state index >= 15 is 0 Å². The third-order valence-corrected chi connectivity index (χ3v) is 5.70. The van der Waals surface area contributed by atoms with Gasteiger partial charge in [0, 0.05) is 23.3 Å². The lowest BCUT2D eigenvalue weighted by Crippen LogP contribution is -2.51. The lowest BCUT2D eigenvalue weighted by molar-refractivity contribution is -0.0653. The van der Waals surface area contributed by atoms with Gasteiger partial charge in [-0.2, -0.15) is 0 Å². The Labute approximate surface area is 166 Å². The van der Waals surface area contributed by atoms with Crippen LogP contribution in [0.2, 0.25) is 0 Å². The molecule has 1 aromatic rings. The van der Waals surface area contributed by atoms with Gasteiger partial charge < -0.3 is 9.47 Å². The molecule has 1 fully saturated rings. The molecule has 0 unspecified atom stereocenters. The zero-order valence-electron chi connectivity index (χ0n) is 15.9. The van der Waals surface area contributed by atoms with E-state index in [9.17, 15) is 18.0 Å². The number of alkyl halides is 1. The summed E-state index contributed by atoms with van der Waals surface area (Å²) in [5.41, 5.74) is -1.69. The fraction of sp³-hybridized carbons (Fsp3) is 0.579. The summed E-state index contributed by atoms with van der Waals surface area (Å²) < 4.78 is 52.0. The highest BCUT2D eigenvalue weighted by Gasteiger charge is 2.49. The summed E-state index contributed by atoms with van der Waals surface area (Å²) in [4.78, 5) is 16.7. The van der Waals surface area contributed by atoms with Gasteiger partial charge in [0.1, 0.15) is 29.4 Å². The molecule has 2 aliphatic rings. The van der Waals surface area contributed by atoms with Crippen molar-refractivity contribution >= 4 is 23.0 Å². The molecule has 1 saturated heterocycles. The normalized spacial score (nSPS) is 27.6. The van der Waals surface area contributed by atoms with Crippen LogP contribution in [0.15, 0.2) is 23.2 Å². The number of amidine groups is 1. The van der Waals surface area contributed by atoms with E-state index < -0.39 is 41.6 Å². The number of halogens is 3. The van der Waals surface area contributed by atoms with Crippen molar-refractivity contribution in [2.45, 2.75) is 44.4 Å². The highest BCUT2D eigenvalue weighted by molar-refractivity contribution is 8.13. The highest BCUT2D eigenvalue weighted by Crippen LogP contribution is 2.47. The van der Waals surface area contributed by atoms with E-state index in [1.165, 1.54) is 17.8 Å². The van der Waals surface area contributed by atoms with E-state index in [4.69, 9.17) is 9.47 Å². The third-order valence-electron chi connectivity index (χ3n) is 4.66. The number of fused-ring (bicyclic) bond motifs is 1. The van der Waals surface area contributed by atoms with Gasteiger partial charge in [-0.1, -0.05) is 17.8 Å². The minimum atomic E-state index is -1.17. The summed E-state index contributed by atoms with van der Waals surface area (Å²) >= 11 is 1.28. The molecule has 2 heterocycles. The second-order valence-electron chi connectivity index (χ2n) is 7.92. The molecule has 28 heavy (non-hydrogen) atoms. The van der Waals surface area contributed by atoms with Crippen molar-refractivity contribution in [2.24, 2.45) is 10.9 Å². The topological polar surface area (TPSA) is 59.9 Å². The Morgan fingerprint density at radius 3 is 2.82 bits per heavy atom. The van der Waals surface area contributed by atoms with Crippen LogP contribution in [0.4, 0.5) is 18.0 Å². The number of nitrogens with zero attached hydrogens (tertiary/aromatic N) is 1. The SMILES string of the molecule is CC(C)(C)OC(=O)NC1=N[C@@]2(c3ccc(F)cc3F)CO[C@@H](CF)C[C@H]2CS1. The van der Waals surface area contributed by atoms with Crippen molar-refractivity contribution in [3.63, 3.8) is 0 Å². The molecule has 5 nitrogen and oxygen atoms in total. The molecule has 0 aromatic heterocycles. The predicted molar refractivity (Wildman–Crippen MR) is 101 cm³/mol. The van der Waals surface area contributed by atoms with Crippen molar-refractivity contribution in [3.05, 3.63) is 35.4 Å². The van der Waals surface area contributed by atoms with Crippen LogP contribution in [-0.4, -0.2) is 42.0 Å². The van der Waals surface area contributed by atoms with Gasteiger partial charge in [-0.15, -0.1) is 0 Å². The van der Waals surface area contributed by atoms with Crippen LogP contribution in [0, 0.1) is 17.6 Å². The monoisotopic (exact) mass is 416 g/mol. The number of carbonyl (C=O) groups excluding carboxylic acids is 1. The Kier molecular flexibility index (Phi) is 5.95. The summed E-state index contributed by atoms with van der Waals surface area (Å²) in [5, 5.41) is 2.85. The van der Waals surface area contributed by atoms with Gasteiger partial charge in [-0.3, -0.25) is 5.32 Å². The van der Waals surface area contributed by atoms with Gasteiger partial charge in [0.2, 0.25) is 0 Å². The minimum Gasteiger partial charge on any atom is -0.444 e. The van der Waals surface area contributed by atoms with Crippen LogP contribution >= 0.6 is 11.8 Å². The molecular weight excluding hydrogens is 393 g/mol. The van der Waals surface area contributed by atoms with Crippen LogP contribution < -0.4 is 5.32 Å². The quantitative estimate of drug-likeness (QED) is 0.787. The zero-order valence-corrected chi connectivity index (χ0v) is 16.7. The van der Waals surface area contributed by atoms with Gasteiger partial charge in [0.25, 0.3) is 0 Å². The van der Waals surface area contributed by atoms with Crippen molar-refractivity contribution in [1.29, 1.82) is 0 Å². The second-order valence-corrected chi connectivity index (χ2v) is 8.93. The van der Waals surface area contributed by atoms with Gasteiger partial charge in [-0.05, 0) is 33.3 Å². The van der Waals surface area contributed by atoms with E-state index in [2.05, 4.69) is 10.3 Å². The smallest absolute Gasteiger partial charge is 0.413 e. The molecule has 1 aromatic carbocycles. The standard InChI is InChI=1S/C19H23F3N2O3S/c1-18(2,3)27-17(25)23-16-24-19(14-5-4-12(21)7-15(14)22)10-26-13(8-20)6-11(19)9-28-16/h4-5,7,11,13H,6,8-10H2,1-3H3,(H,23,24,25)/t11-,13+,19-/m0/s1. The molecule has 0 bridgehead atoms. The molecule has 0 saturated carbocycles. The Morgan fingerprint density at radius 1 is 1.43 bits per heavy atom. The van der Waals surface area contributed by atoms with Crippen LogP contribution in [-0.2, 0) is 15.0 Å². The van der Waals surface area contributed by atoms with E-state index in [1.54, 1.807) is 20.8 Å². The Bertz CT molecular complexity index is 784. The number of nitrogens with one attached hydrogen (secondary N) is 1. The molecule has 0 aliphatic carbocycles. The van der Waals surface area contributed by atoms with Gasteiger partial charge in [-0.25, -0.2) is 23.0 Å². The summed E-state index contributed by atoms with van der Waals surface area (Å²) in [7, 11) is 0. The fourth-order valence-corrected chi connectivity index (χ4v) is 4.58. The largest absolute Gasteiger partial charge is 0.444 e. The average Bonchev–Trinajstić information content (AvgIpc) is 2.59. The maximum atomic E-state index is 14.6. The van der Waals surface area contributed by atoms with Crippen molar-refractivity contribution < 1.29 is 27.4 Å². The van der Waals surface area contributed by atoms with Gasteiger partial charge in [0.15, 0.2) is 5.17 Å². The zero-order chi connectivity index (χ0) is 20.5. The summed E-state index contributed by atoms with van der Waals surface area (Å²) in [5.74, 6) is -1.20. The summed E-state index contributed by atoms with van der Waals surface area (Å²) in [6, 6.07) is 3.28. The van der Waals surface area contributed by atoms with Crippen molar-refractivity contribution in [3.8, 4) is 0 Å². The highest BCUT2D eigenvalue weighted by atomic mass is 32.2. The van der Waals surface area contributed by atoms with Crippen LogP contribution in [0.3, 0.4) is 0 Å². The lowest BCUT2D eigenvalue weighted by Gasteiger charge is -2.46. The Hall–Kier alpha value is -1.74. The van der Waals surface area contributed by atoms with Crippen molar-refractivity contribution in [2.75, 3.05) is 19.0 Å². The number of ether oxygens (including phenoxy) is 2. The maximum Gasteiger partial charge on any atom is 0.413 e. The first-order valence-electron chi connectivity index (χ1n) is 8.99. The number of rotatable bonds is 2.